The van der Waals surface area contributed by atoms with E-state index in [9.17, 15) is 9.59 Å². The minimum absolute atomic E-state index is 0.0243. The van der Waals surface area contributed by atoms with Crippen LogP contribution in [0.3, 0.4) is 0 Å². The van der Waals surface area contributed by atoms with Crippen LogP contribution in [0.4, 0.5) is 5.69 Å². The van der Waals surface area contributed by atoms with Gasteiger partial charge in [0.15, 0.2) is 0 Å². The first-order chi connectivity index (χ1) is 13.4. The van der Waals surface area contributed by atoms with Crippen LogP contribution in [0.5, 0.6) is 0 Å². The maximum Gasteiger partial charge on any atom is 0.238 e. The molecule has 0 radical (unpaired) electrons. The number of benzene rings is 2. The van der Waals surface area contributed by atoms with Crippen LogP contribution in [-0.4, -0.2) is 43.1 Å². The molecule has 150 valence electrons. The molecular weight excluding hydrogens is 370 g/mol. The lowest BCUT2D eigenvalue weighted by Gasteiger charge is -2.21. The summed E-state index contributed by atoms with van der Waals surface area (Å²) >= 11 is 1.58. The van der Waals surface area contributed by atoms with Crippen LogP contribution in [0, 0.1) is 6.92 Å². The van der Waals surface area contributed by atoms with Crippen molar-refractivity contribution in [2.45, 2.75) is 31.2 Å². The normalized spacial score (nSPS) is 11.9. The summed E-state index contributed by atoms with van der Waals surface area (Å²) in [6.07, 6.45) is 2.78. The fourth-order valence-corrected chi connectivity index (χ4v) is 3.50. The van der Waals surface area contributed by atoms with Crippen LogP contribution in [0.15, 0.2) is 53.4 Å². The lowest BCUT2D eigenvalue weighted by Crippen LogP contribution is -2.40. The van der Waals surface area contributed by atoms with Crippen LogP contribution >= 0.6 is 11.8 Å². The molecular formula is C22H29N3O2S. The van der Waals surface area contributed by atoms with Crippen molar-refractivity contribution in [3.05, 3.63) is 59.7 Å². The van der Waals surface area contributed by atoms with Gasteiger partial charge < -0.3 is 10.6 Å². The zero-order valence-corrected chi connectivity index (χ0v) is 17.8. The van der Waals surface area contributed by atoms with Gasteiger partial charge in [-0.05, 0) is 44.3 Å². The molecule has 0 aliphatic heterocycles. The van der Waals surface area contributed by atoms with Gasteiger partial charge in [-0.2, -0.15) is 0 Å². The smallest absolute Gasteiger partial charge is 0.238 e. The van der Waals surface area contributed by atoms with E-state index in [-0.39, 0.29) is 30.9 Å². The molecule has 2 amide bonds. The van der Waals surface area contributed by atoms with E-state index in [1.54, 1.807) is 23.7 Å². The summed E-state index contributed by atoms with van der Waals surface area (Å²) in [6.45, 7) is 4.41. The van der Waals surface area contributed by atoms with E-state index in [0.717, 1.165) is 22.6 Å². The summed E-state index contributed by atoms with van der Waals surface area (Å²) < 4.78 is 0. The zero-order valence-electron chi connectivity index (χ0n) is 17.0. The number of anilines is 1. The number of amides is 2. The van der Waals surface area contributed by atoms with Crippen molar-refractivity contribution in [2.75, 3.05) is 31.7 Å². The second-order valence-corrected chi connectivity index (χ2v) is 7.71. The number of hydrogen-bond donors (Lipinski definition) is 2. The van der Waals surface area contributed by atoms with Crippen LogP contribution in [0.25, 0.3) is 0 Å². The molecule has 0 heterocycles. The highest BCUT2D eigenvalue weighted by Gasteiger charge is 2.16. The number of nitrogens with one attached hydrogen (secondary N) is 2. The maximum atomic E-state index is 12.4. The molecule has 0 aliphatic rings. The standard InChI is InChI=1S/C22H29N3O2S/c1-5-18(17-12-10-16(2)11-13-17)23-21(26)14-25(3)15-22(27)24-19-8-6-7-9-20(19)28-4/h6-13,18H,5,14-15H2,1-4H3,(H,23,26)(H,24,27)/t18-/m0/s1. The minimum atomic E-state index is -0.137. The highest BCUT2D eigenvalue weighted by atomic mass is 32.2. The number of carbonyl (C=O) groups is 2. The highest BCUT2D eigenvalue weighted by molar-refractivity contribution is 7.98. The number of para-hydroxylation sites is 1. The molecule has 28 heavy (non-hydrogen) atoms. The zero-order chi connectivity index (χ0) is 20.5. The Hall–Kier alpha value is -2.31. The molecule has 0 aromatic heterocycles. The summed E-state index contributed by atoms with van der Waals surface area (Å²) in [5.74, 6) is -0.227. The Bertz CT molecular complexity index is 793. The highest BCUT2D eigenvalue weighted by Crippen LogP contribution is 2.24. The van der Waals surface area contributed by atoms with Gasteiger partial charge in [-0.25, -0.2) is 0 Å². The largest absolute Gasteiger partial charge is 0.348 e. The van der Waals surface area contributed by atoms with Crippen molar-refractivity contribution in [1.82, 2.24) is 10.2 Å². The van der Waals surface area contributed by atoms with Crippen molar-refractivity contribution in [3.8, 4) is 0 Å². The Morgan fingerprint density at radius 3 is 2.32 bits per heavy atom. The third kappa shape index (κ3) is 6.69. The van der Waals surface area contributed by atoms with E-state index >= 15 is 0 Å². The molecule has 0 aliphatic carbocycles. The van der Waals surface area contributed by atoms with Gasteiger partial charge in [-0.15, -0.1) is 11.8 Å². The predicted octanol–water partition coefficient (Wildman–Crippen LogP) is 3.85. The third-order valence-corrected chi connectivity index (χ3v) is 5.23. The Balaban J connectivity index is 1.85. The fraction of sp³-hybridized carbons (Fsp3) is 0.364. The van der Waals surface area contributed by atoms with E-state index in [1.165, 1.54) is 5.56 Å². The van der Waals surface area contributed by atoms with E-state index < -0.39 is 0 Å². The Morgan fingerprint density at radius 1 is 1.04 bits per heavy atom. The molecule has 6 heteroatoms. The number of carbonyl (C=O) groups excluding carboxylic acids is 2. The molecule has 5 nitrogen and oxygen atoms in total. The fourth-order valence-electron chi connectivity index (χ4n) is 2.94. The lowest BCUT2D eigenvalue weighted by atomic mass is 10.0. The van der Waals surface area contributed by atoms with E-state index in [4.69, 9.17) is 0 Å². The second kappa shape index (κ2) is 10.9. The molecule has 0 saturated heterocycles. The summed E-state index contributed by atoms with van der Waals surface area (Å²) in [6, 6.07) is 15.8. The van der Waals surface area contributed by atoms with E-state index in [1.807, 2.05) is 68.6 Å². The molecule has 2 rings (SSSR count). The van der Waals surface area contributed by atoms with Crippen LogP contribution in [0.2, 0.25) is 0 Å². The van der Waals surface area contributed by atoms with Gasteiger partial charge in [0.25, 0.3) is 0 Å². The monoisotopic (exact) mass is 399 g/mol. The van der Waals surface area contributed by atoms with Gasteiger partial charge in [-0.3, -0.25) is 14.5 Å². The van der Waals surface area contributed by atoms with Crippen molar-refractivity contribution >= 4 is 29.3 Å². The third-order valence-electron chi connectivity index (χ3n) is 4.43. The molecule has 0 unspecified atom stereocenters. The number of aryl methyl sites for hydroxylation is 1. The summed E-state index contributed by atoms with van der Waals surface area (Å²) in [5, 5.41) is 5.97. The first kappa shape index (κ1) is 22.0. The molecule has 0 bridgehead atoms. The van der Waals surface area contributed by atoms with Gasteiger partial charge in [0, 0.05) is 4.90 Å². The molecule has 0 saturated carbocycles. The quantitative estimate of drug-likeness (QED) is 0.629. The lowest BCUT2D eigenvalue weighted by molar-refractivity contribution is -0.123. The summed E-state index contributed by atoms with van der Waals surface area (Å²) in [7, 11) is 1.77. The first-order valence-electron chi connectivity index (χ1n) is 9.40. The van der Waals surface area contributed by atoms with E-state index in [0.29, 0.717) is 0 Å². The van der Waals surface area contributed by atoms with Crippen molar-refractivity contribution in [1.29, 1.82) is 0 Å². The topological polar surface area (TPSA) is 61.4 Å². The van der Waals surface area contributed by atoms with Gasteiger partial charge in [0.1, 0.15) is 0 Å². The SMILES string of the molecule is CC[C@H](NC(=O)CN(C)CC(=O)Nc1ccccc1SC)c1ccc(C)cc1. The molecule has 0 fully saturated rings. The van der Waals surface area contributed by atoms with Gasteiger partial charge in [0.05, 0.1) is 24.8 Å². The average molecular weight is 400 g/mol. The number of likely N-dealkylation sites (N-methyl/N-ethyl adjacent to an activating group) is 1. The van der Waals surface area contributed by atoms with Crippen molar-refractivity contribution in [2.24, 2.45) is 0 Å². The number of nitrogens with zero attached hydrogens (tertiary/aromatic N) is 1. The molecule has 2 aromatic rings. The molecule has 2 N–H and O–H groups in total. The van der Waals surface area contributed by atoms with Crippen LogP contribution in [-0.2, 0) is 9.59 Å². The predicted molar refractivity (Wildman–Crippen MR) is 117 cm³/mol. The van der Waals surface area contributed by atoms with Gasteiger partial charge >= 0.3 is 0 Å². The summed E-state index contributed by atoms with van der Waals surface area (Å²) in [5.41, 5.74) is 3.08. The maximum absolute atomic E-state index is 12.4. The van der Waals surface area contributed by atoms with Gasteiger partial charge in [0.2, 0.25) is 11.8 Å². The Kier molecular flexibility index (Phi) is 8.54. The average Bonchev–Trinajstić information content (AvgIpc) is 2.67. The van der Waals surface area contributed by atoms with Crippen molar-refractivity contribution < 1.29 is 9.59 Å². The van der Waals surface area contributed by atoms with Gasteiger partial charge in [-0.1, -0.05) is 48.9 Å². The van der Waals surface area contributed by atoms with Crippen LogP contribution < -0.4 is 10.6 Å². The van der Waals surface area contributed by atoms with Crippen LogP contribution in [0.1, 0.15) is 30.5 Å². The Labute approximate surface area is 171 Å². The van der Waals surface area contributed by atoms with E-state index in [2.05, 4.69) is 10.6 Å². The minimum Gasteiger partial charge on any atom is -0.348 e. The Morgan fingerprint density at radius 2 is 1.68 bits per heavy atom. The number of rotatable bonds is 9. The molecule has 0 spiro atoms. The first-order valence-corrected chi connectivity index (χ1v) is 10.6. The molecule has 1 atom stereocenters. The summed E-state index contributed by atoms with van der Waals surface area (Å²) in [4.78, 5) is 27.5. The molecule has 2 aromatic carbocycles. The second-order valence-electron chi connectivity index (χ2n) is 6.86. The van der Waals surface area contributed by atoms with Crippen molar-refractivity contribution in [3.63, 3.8) is 0 Å². The number of thioether (sulfide) groups is 1. The number of hydrogen-bond acceptors (Lipinski definition) is 4.